The molecule has 0 atom stereocenters. The molecule has 2 heterocycles. The second kappa shape index (κ2) is 7.80. The predicted molar refractivity (Wildman–Crippen MR) is 101 cm³/mol. The zero-order valence-corrected chi connectivity index (χ0v) is 15.7. The van der Waals surface area contributed by atoms with Crippen LogP contribution in [0.4, 0.5) is 10.5 Å². The van der Waals surface area contributed by atoms with Crippen molar-refractivity contribution in [1.82, 2.24) is 9.80 Å². The van der Waals surface area contributed by atoms with Crippen LogP contribution in [0.1, 0.15) is 12.0 Å². The molecule has 24 heavy (non-hydrogen) atoms. The van der Waals surface area contributed by atoms with Crippen LogP contribution in [-0.4, -0.2) is 57.3 Å². The molecule has 0 spiro atoms. The number of hydrogen-bond donors (Lipinski definition) is 0. The number of carbonyl (C=O) groups is 2. The zero-order chi connectivity index (χ0) is 17.1. The van der Waals surface area contributed by atoms with E-state index in [9.17, 15) is 9.59 Å². The van der Waals surface area contributed by atoms with Crippen LogP contribution in [0.15, 0.2) is 23.2 Å². The highest BCUT2D eigenvalue weighted by atomic mass is 35.5. The summed E-state index contributed by atoms with van der Waals surface area (Å²) in [7, 11) is 0. The first-order chi connectivity index (χ1) is 11.5. The second-order valence-electron chi connectivity index (χ2n) is 5.61. The van der Waals surface area contributed by atoms with Gasteiger partial charge < -0.3 is 4.90 Å². The summed E-state index contributed by atoms with van der Waals surface area (Å²) in [6, 6.07) is 5.62. The Morgan fingerprint density at radius 2 is 2.12 bits per heavy atom. The number of aliphatic imine (C=N–C) groups is 1. The molecule has 0 saturated carbocycles. The number of thioether (sulfide) groups is 2. The van der Waals surface area contributed by atoms with Crippen molar-refractivity contribution in [3.63, 3.8) is 0 Å². The number of halogens is 1. The van der Waals surface area contributed by atoms with Crippen LogP contribution < -0.4 is 0 Å². The molecule has 1 aromatic rings. The van der Waals surface area contributed by atoms with E-state index in [2.05, 4.69) is 4.99 Å². The predicted octanol–water partition coefficient (Wildman–Crippen LogP) is 3.77. The molecular formula is C16H18ClN3O2S2. The Morgan fingerprint density at radius 3 is 2.83 bits per heavy atom. The third kappa shape index (κ3) is 4.07. The highest BCUT2D eigenvalue weighted by Crippen LogP contribution is 2.26. The molecule has 0 unspecified atom stereocenters. The van der Waals surface area contributed by atoms with Crippen molar-refractivity contribution in [2.45, 2.75) is 13.3 Å². The number of benzene rings is 1. The molecule has 2 saturated heterocycles. The van der Waals surface area contributed by atoms with Gasteiger partial charge in [0, 0.05) is 29.6 Å². The van der Waals surface area contributed by atoms with Crippen molar-refractivity contribution in [1.29, 1.82) is 0 Å². The molecule has 128 valence electrons. The molecule has 8 heteroatoms. The monoisotopic (exact) mass is 383 g/mol. The van der Waals surface area contributed by atoms with Crippen LogP contribution >= 0.6 is 35.1 Å². The van der Waals surface area contributed by atoms with Crippen LogP contribution in [0.2, 0.25) is 5.02 Å². The van der Waals surface area contributed by atoms with E-state index in [0.717, 1.165) is 29.2 Å². The smallest absolute Gasteiger partial charge is 0.282 e. The number of nitrogens with zero attached hydrogens (tertiary/aromatic N) is 3. The van der Waals surface area contributed by atoms with Gasteiger partial charge in [-0.05, 0) is 31.0 Å². The Kier molecular flexibility index (Phi) is 5.73. The SMILES string of the molecule is Cc1ccc(N=C2SCCCN2C(=O)CN2CCSC2=O)cc1Cl. The van der Waals surface area contributed by atoms with Crippen molar-refractivity contribution in [3.8, 4) is 0 Å². The summed E-state index contributed by atoms with van der Waals surface area (Å²) >= 11 is 8.99. The quantitative estimate of drug-likeness (QED) is 0.797. The van der Waals surface area contributed by atoms with Gasteiger partial charge >= 0.3 is 0 Å². The lowest BCUT2D eigenvalue weighted by Gasteiger charge is -2.29. The van der Waals surface area contributed by atoms with Gasteiger partial charge in [0.25, 0.3) is 5.24 Å². The van der Waals surface area contributed by atoms with E-state index in [0.29, 0.717) is 23.3 Å². The van der Waals surface area contributed by atoms with E-state index in [-0.39, 0.29) is 17.7 Å². The second-order valence-corrected chi connectivity index (χ2v) is 8.13. The molecule has 0 N–H and O–H groups in total. The number of rotatable bonds is 3. The minimum Gasteiger partial charge on any atom is -0.323 e. The summed E-state index contributed by atoms with van der Waals surface area (Å²) < 4.78 is 0. The third-order valence-corrected chi connectivity index (χ3v) is 6.20. The third-order valence-electron chi connectivity index (χ3n) is 3.84. The minimum atomic E-state index is -0.0741. The summed E-state index contributed by atoms with van der Waals surface area (Å²) in [5, 5.41) is 1.33. The molecule has 0 bridgehead atoms. The average molecular weight is 384 g/mol. The topological polar surface area (TPSA) is 53.0 Å². The van der Waals surface area contributed by atoms with E-state index in [4.69, 9.17) is 11.6 Å². The maximum Gasteiger partial charge on any atom is 0.282 e. The molecule has 2 aliphatic heterocycles. The van der Waals surface area contributed by atoms with E-state index < -0.39 is 0 Å². The lowest BCUT2D eigenvalue weighted by molar-refractivity contribution is -0.127. The number of amides is 2. The van der Waals surface area contributed by atoms with Crippen LogP contribution in [0.3, 0.4) is 0 Å². The summed E-state index contributed by atoms with van der Waals surface area (Å²) in [5.41, 5.74) is 1.73. The van der Waals surface area contributed by atoms with Gasteiger partial charge in [0.05, 0.1) is 5.69 Å². The Hall–Kier alpha value is -1.18. The average Bonchev–Trinajstić information content (AvgIpc) is 2.96. The highest BCUT2D eigenvalue weighted by molar-refractivity contribution is 8.14. The summed E-state index contributed by atoms with van der Waals surface area (Å²) in [4.78, 5) is 32.2. The van der Waals surface area contributed by atoms with Crippen molar-refractivity contribution in [2.75, 3.05) is 31.1 Å². The van der Waals surface area contributed by atoms with E-state index in [1.807, 2.05) is 25.1 Å². The van der Waals surface area contributed by atoms with Crippen LogP contribution in [0.25, 0.3) is 0 Å². The van der Waals surface area contributed by atoms with Crippen LogP contribution in [-0.2, 0) is 4.79 Å². The minimum absolute atomic E-state index is 0.0168. The Morgan fingerprint density at radius 1 is 1.29 bits per heavy atom. The van der Waals surface area contributed by atoms with E-state index in [1.54, 1.807) is 21.6 Å². The fraction of sp³-hybridized carbons (Fsp3) is 0.438. The number of amidine groups is 1. The highest BCUT2D eigenvalue weighted by Gasteiger charge is 2.29. The largest absolute Gasteiger partial charge is 0.323 e. The van der Waals surface area contributed by atoms with Crippen molar-refractivity contribution in [3.05, 3.63) is 28.8 Å². The first kappa shape index (κ1) is 17.6. The van der Waals surface area contributed by atoms with E-state index >= 15 is 0 Å². The first-order valence-electron chi connectivity index (χ1n) is 7.74. The number of hydrogen-bond acceptors (Lipinski definition) is 5. The Labute approximate surface area is 154 Å². The van der Waals surface area contributed by atoms with Crippen molar-refractivity contribution >= 4 is 57.1 Å². The molecule has 2 fully saturated rings. The molecule has 0 aliphatic carbocycles. The normalized spacial score (nSPS) is 20.1. The molecular weight excluding hydrogens is 366 g/mol. The fourth-order valence-corrected chi connectivity index (χ4v) is 4.44. The molecule has 1 aromatic carbocycles. The summed E-state index contributed by atoms with van der Waals surface area (Å²) in [6.07, 6.45) is 0.923. The van der Waals surface area contributed by atoms with Gasteiger partial charge in [0.15, 0.2) is 5.17 Å². The first-order valence-corrected chi connectivity index (χ1v) is 10.1. The molecule has 0 radical (unpaired) electrons. The fourth-order valence-electron chi connectivity index (χ4n) is 2.46. The van der Waals surface area contributed by atoms with Crippen molar-refractivity contribution in [2.24, 2.45) is 4.99 Å². The van der Waals surface area contributed by atoms with Gasteiger partial charge in [-0.3, -0.25) is 14.5 Å². The Balaban J connectivity index is 1.77. The summed E-state index contributed by atoms with van der Waals surface area (Å²) in [5.74, 6) is 1.61. The van der Waals surface area contributed by atoms with Crippen molar-refractivity contribution < 1.29 is 9.59 Å². The maximum absolute atomic E-state index is 12.6. The molecule has 2 aliphatic rings. The van der Waals surface area contributed by atoms with Gasteiger partial charge in [0.2, 0.25) is 5.91 Å². The zero-order valence-electron chi connectivity index (χ0n) is 13.3. The molecule has 5 nitrogen and oxygen atoms in total. The lowest BCUT2D eigenvalue weighted by atomic mass is 10.2. The molecule has 0 aromatic heterocycles. The molecule has 3 rings (SSSR count). The number of aryl methyl sites for hydroxylation is 1. The number of carbonyl (C=O) groups excluding carboxylic acids is 2. The van der Waals surface area contributed by atoms with Crippen LogP contribution in [0.5, 0.6) is 0 Å². The van der Waals surface area contributed by atoms with Gasteiger partial charge in [0.1, 0.15) is 6.54 Å². The maximum atomic E-state index is 12.6. The standard InChI is InChI=1S/C16H18ClN3O2S2/c1-11-3-4-12(9-13(11)17)18-15-20(5-2-7-23-15)14(21)10-19-6-8-24-16(19)22/h3-4,9H,2,5-8,10H2,1H3. The van der Waals surface area contributed by atoms with Crippen LogP contribution in [0, 0.1) is 6.92 Å². The van der Waals surface area contributed by atoms with Gasteiger partial charge in [-0.25, -0.2) is 4.99 Å². The van der Waals surface area contributed by atoms with E-state index in [1.165, 1.54) is 11.8 Å². The van der Waals surface area contributed by atoms with Gasteiger partial charge in [-0.15, -0.1) is 0 Å². The van der Waals surface area contributed by atoms with Gasteiger partial charge in [-0.2, -0.15) is 0 Å². The lowest BCUT2D eigenvalue weighted by Crippen LogP contribution is -2.45. The molecule has 2 amide bonds. The Bertz CT molecular complexity index is 696. The summed E-state index contributed by atoms with van der Waals surface area (Å²) in [6.45, 7) is 3.34. The van der Waals surface area contributed by atoms with Gasteiger partial charge in [-0.1, -0.05) is 41.2 Å².